The Hall–Kier alpha value is -1.17. The molecule has 16 heavy (non-hydrogen) atoms. The average molecular weight is 241 g/mol. The molecule has 0 radical (unpaired) electrons. The lowest BCUT2D eigenvalue weighted by molar-refractivity contribution is -0.136. The summed E-state index contributed by atoms with van der Waals surface area (Å²) in [6.07, 6.45) is 1.58. The first kappa shape index (κ1) is 12.9. The van der Waals surface area contributed by atoms with Crippen LogP contribution in [0.5, 0.6) is 0 Å². The summed E-state index contributed by atoms with van der Waals surface area (Å²) in [5.74, 6) is -0.869. The second-order valence-electron chi connectivity index (χ2n) is 3.29. The van der Waals surface area contributed by atoms with Crippen LogP contribution < -0.4 is 0 Å². The average Bonchev–Trinajstić information content (AvgIpc) is 2.28. The molecule has 1 atom stereocenters. The second-order valence-corrected chi connectivity index (χ2v) is 4.60. The zero-order chi connectivity index (χ0) is 12.1. The quantitative estimate of drug-likeness (QED) is 0.788. The fourth-order valence-electron chi connectivity index (χ4n) is 1.18. The van der Waals surface area contributed by atoms with Gasteiger partial charge >= 0.3 is 5.97 Å². The Bertz CT molecular complexity index is 384. The third-order valence-corrected chi connectivity index (χ3v) is 3.06. The molecule has 0 aromatic carbocycles. The molecule has 0 fully saturated rings. The maximum atomic E-state index is 10.7. The van der Waals surface area contributed by atoms with E-state index in [1.807, 2.05) is 13.8 Å². The Labute approximate surface area is 98.7 Å². The first-order valence-corrected chi connectivity index (χ1v) is 6.08. The zero-order valence-corrected chi connectivity index (χ0v) is 10.4. The highest BCUT2D eigenvalue weighted by molar-refractivity contribution is 8.00. The van der Waals surface area contributed by atoms with Crippen LogP contribution in [-0.4, -0.2) is 31.5 Å². The number of aryl methyl sites for hydroxylation is 2. The molecule has 88 valence electrons. The molecule has 0 saturated carbocycles. The number of nitrogens with zero attached hydrogens (tertiary/aromatic N) is 3. The minimum absolute atomic E-state index is 0.434. The van der Waals surface area contributed by atoms with Crippen LogP contribution in [0.3, 0.4) is 0 Å². The van der Waals surface area contributed by atoms with Crippen molar-refractivity contribution in [2.24, 2.45) is 0 Å². The normalized spacial score (nSPS) is 12.4. The smallest absolute Gasteiger partial charge is 0.316 e. The Morgan fingerprint density at radius 3 is 2.44 bits per heavy atom. The number of aromatic nitrogens is 3. The molecule has 5 nitrogen and oxygen atoms in total. The summed E-state index contributed by atoms with van der Waals surface area (Å²) in [6, 6.07) is 0. The molecule has 0 amide bonds. The highest BCUT2D eigenvalue weighted by Crippen LogP contribution is 2.19. The van der Waals surface area contributed by atoms with Crippen LogP contribution in [0, 0.1) is 0 Å². The van der Waals surface area contributed by atoms with Crippen molar-refractivity contribution < 1.29 is 9.90 Å². The third-order valence-electron chi connectivity index (χ3n) is 2.12. The molecular weight excluding hydrogens is 226 g/mol. The lowest BCUT2D eigenvalue weighted by Gasteiger charge is -2.07. The van der Waals surface area contributed by atoms with Crippen molar-refractivity contribution in [3.05, 3.63) is 11.4 Å². The van der Waals surface area contributed by atoms with E-state index >= 15 is 0 Å². The van der Waals surface area contributed by atoms with E-state index in [-0.39, 0.29) is 0 Å². The fraction of sp³-hybridized carbons (Fsp3) is 0.600. The van der Waals surface area contributed by atoms with Gasteiger partial charge in [-0.25, -0.2) is 4.98 Å². The van der Waals surface area contributed by atoms with Crippen LogP contribution in [0.25, 0.3) is 0 Å². The monoisotopic (exact) mass is 241 g/mol. The molecule has 1 aromatic rings. The molecule has 1 heterocycles. The topological polar surface area (TPSA) is 76.0 Å². The number of thioether (sulfide) groups is 1. The molecular formula is C10H15N3O2S. The van der Waals surface area contributed by atoms with E-state index in [2.05, 4.69) is 15.2 Å². The zero-order valence-electron chi connectivity index (χ0n) is 9.60. The third kappa shape index (κ3) is 3.16. The van der Waals surface area contributed by atoms with Gasteiger partial charge in [0.2, 0.25) is 5.16 Å². The summed E-state index contributed by atoms with van der Waals surface area (Å²) in [5.41, 5.74) is 1.78. The van der Waals surface area contributed by atoms with Gasteiger partial charge in [0.25, 0.3) is 0 Å². The maximum absolute atomic E-state index is 10.7. The van der Waals surface area contributed by atoms with Crippen LogP contribution >= 0.6 is 11.8 Å². The van der Waals surface area contributed by atoms with Crippen molar-refractivity contribution in [3.63, 3.8) is 0 Å². The van der Waals surface area contributed by atoms with Crippen LogP contribution in [0.15, 0.2) is 5.16 Å². The summed E-state index contributed by atoms with van der Waals surface area (Å²) < 4.78 is 0. The molecule has 1 aromatic heterocycles. The van der Waals surface area contributed by atoms with Crippen molar-refractivity contribution in [3.8, 4) is 0 Å². The van der Waals surface area contributed by atoms with E-state index in [0.717, 1.165) is 36.0 Å². The Kier molecular flexibility index (Phi) is 4.67. The lowest BCUT2D eigenvalue weighted by Crippen LogP contribution is -2.13. The van der Waals surface area contributed by atoms with Gasteiger partial charge in [-0.1, -0.05) is 25.6 Å². The van der Waals surface area contributed by atoms with Crippen molar-refractivity contribution in [1.82, 2.24) is 15.2 Å². The summed E-state index contributed by atoms with van der Waals surface area (Å²) in [5, 5.41) is 16.6. The Balaban J connectivity index is 2.86. The summed E-state index contributed by atoms with van der Waals surface area (Å²) in [7, 11) is 0. The first-order chi connectivity index (χ1) is 7.58. The van der Waals surface area contributed by atoms with E-state index < -0.39 is 11.2 Å². The number of hydrogen-bond acceptors (Lipinski definition) is 5. The van der Waals surface area contributed by atoms with Crippen molar-refractivity contribution in [2.45, 2.75) is 44.0 Å². The van der Waals surface area contributed by atoms with E-state index in [1.165, 1.54) is 0 Å². The molecule has 0 spiro atoms. The highest BCUT2D eigenvalue weighted by atomic mass is 32.2. The lowest BCUT2D eigenvalue weighted by atomic mass is 10.2. The minimum Gasteiger partial charge on any atom is -0.480 e. The number of carboxylic acids is 1. The highest BCUT2D eigenvalue weighted by Gasteiger charge is 2.15. The summed E-state index contributed by atoms with van der Waals surface area (Å²) in [6.45, 7) is 5.60. The van der Waals surface area contributed by atoms with Crippen LogP contribution in [0.4, 0.5) is 0 Å². The fourth-order valence-corrected chi connectivity index (χ4v) is 1.85. The van der Waals surface area contributed by atoms with Gasteiger partial charge in [0.1, 0.15) is 5.25 Å². The maximum Gasteiger partial charge on any atom is 0.316 e. The molecule has 0 aliphatic carbocycles. The van der Waals surface area contributed by atoms with Gasteiger partial charge in [0.15, 0.2) is 0 Å². The molecule has 0 aliphatic heterocycles. The molecule has 1 N–H and O–H groups in total. The van der Waals surface area contributed by atoms with E-state index in [1.54, 1.807) is 6.92 Å². The summed E-state index contributed by atoms with van der Waals surface area (Å²) in [4.78, 5) is 15.0. The molecule has 0 aliphatic rings. The first-order valence-electron chi connectivity index (χ1n) is 5.20. The van der Waals surface area contributed by atoms with Gasteiger partial charge in [-0.15, -0.1) is 5.10 Å². The van der Waals surface area contributed by atoms with Gasteiger partial charge in [-0.05, 0) is 19.8 Å². The van der Waals surface area contributed by atoms with Gasteiger partial charge in [0, 0.05) is 0 Å². The number of carboxylic acid groups (broad SMARTS) is 1. The van der Waals surface area contributed by atoms with Crippen molar-refractivity contribution >= 4 is 17.7 Å². The largest absolute Gasteiger partial charge is 0.480 e. The second kappa shape index (κ2) is 5.79. The van der Waals surface area contributed by atoms with Crippen LogP contribution in [0.2, 0.25) is 0 Å². The number of hydrogen-bond donors (Lipinski definition) is 1. The number of carbonyl (C=O) groups is 1. The molecule has 6 heteroatoms. The van der Waals surface area contributed by atoms with Crippen molar-refractivity contribution in [1.29, 1.82) is 0 Å². The standard InChI is InChI=1S/C10H15N3O2S/c1-4-7-8(5-2)12-13-10(11-7)16-6(3)9(14)15/h6H,4-5H2,1-3H3,(H,14,15). The predicted molar refractivity (Wildman–Crippen MR) is 61.5 cm³/mol. The predicted octanol–water partition coefficient (Wildman–Crippen LogP) is 1.56. The molecule has 1 unspecified atom stereocenters. The van der Waals surface area contributed by atoms with E-state index in [9.17, 15) is 4.79 Å². The summed E-state index contributed by atoms with van der Waals surface area (Å²) >= 11 is 1.12. The number of aliphatic carboxylic acids is 1. The van der Waals surface area contributed by atoms with Crippen molar-refractivity contribution in [2.75, 3.05) is 0 Å². The molecule has 0 saturated heterocycles. The molecule has 1 rings (SSSR count). The number of rotatable bonds is 5. The van der Waals surface area contributed by atoms with Gasteiger partial charge in [-0.2, -0.15) is 5.10 Å². The van der Waals surface area contributed by atoms with Gasteiger partial charge < -0.3 is 5.11 Å². The minimum atomic E-state index is -0.869. The Morgan fingerprint density at radius 2 is 1.94 bits per heavy atom. The van der Waals surface area contributed by atoms with Gasteiger partial charge in [-0.3, -0.25) is 4.79 Å². The Morgan fingerprint density at radius 1 is 1.31 bits per heavy atom. The van der Waals surface area contributed by atoms with E-state index in [4.69, 9.17) is 5.11 Å². The van der Waals surface area contributed by atoms with Gasteiger partial charge in [0.05, 0.1) is 11.4 Å². The SMILES string of the molecule is CCc1nnc(SC(C)C(=O)O)nc1CC. The van der Waals surface area contributed by atoms with E-state index in [0.29, 0.717) is 5.16 Å². The molecule has 0 bridgehead atoms. The van der Waals surface area contributed by atoms with Crippen LogP contribution in [-0.2, 0) is 17.6 Å². The van der Waals surface area contributed by atoms with Crippen LogP contribution in [0.1, 0.15) is 32.2 Å².